The highest BCUT2D eigenvalue weighted by Crippen LogP contribution is 2.13. The number of rotatable bonds is 6. The van der Waals surface area contributed by atoms with Gasteiger partial charge < -0.3 is 0 Å². The molecule has 0 atom stereocenters. The predicted molar refractivity (Wildman–Crippen MR) is 103 cm³/mol. The smallest absolute Gasteiger partial charge is 0.271 e. The zero-order chi connectivity index (χ0) is 18.6. The Kier molecular flexibility index (Phi) is 4.75. The molecule has 0 saturated heterocycles. The van der Waals surface area contributed by atoms with E-state index in [0.29, 0.717) is 22.5 Å². The fourth-order valence-corrected chi connectivity index (χ4v) is 3.47. The van der Waals surface area contributed by atoms with E-state index >= 15 is 0 Å². The first-order valence-corrected chi connectivity index (χ1v) is 9.25. The second-order valence-electron chi connectivity index (χ2n) is 5.95. The van der Waals surface area contributed by atoms with Gasteiger partial charge in [0.1, 0.15) is 17.1 Å². The van der Waals surface area contributed by atoms with Gasteiger partial charge in [-0.3, -0.25) is 24.6 Å². The lowest BCUT2D eigenvalue weighted by molar-refractivity contribution is -0.116. The van der Waals surface area contributed by atoms with Crippen LogP contribution in [0.15, 0.2) is 52.9 Å². The van der Waals surface area contributed by atoms with Crippen molar-refractivity contribution < 1.29 is 4.79 Å². The van der Waals surface area contributed by atoms with Crippen molar-refractivity contribution in [2.75, 3.05) is 5.32 Å². The fourth-order valence-electron chi connectivity index (χ4n) is 2.68. The van der Waals surface area contributed by atoms with Crippen LogP contribution < -0.4 is 10.9 Å². The van der Waals surface area contributed by atoms with Gasteiger partial charge in [0.15, 0.2) is 0 Å². The van der Waals surface area contributed by atoms with Crippen molar-refractivity contribution in [3.63, 3.8) is 0 Å². The van der Waals surface area contributed by atoms with Gasteiger partial charge in [-0.2, -0.15) is 4.98 Å². The molecule has 2 N–H and O–H groups in total. The molecule has 4 rings (SSSR count). The summed E-state index contributed by atoms with van der Waals surface area (Å²) in [5.74, 6) is 0.498. The number of nitrogens with zero attached hydrogens (tertiary/aromatic N) is 4. The quantitative estimate of drug-likeness (QED) is 0.532. The predicted octanol–water partition coefficient (Wildman–Crippen LogP) is 2.00. The number of thiophene rings is 1. The molecule has 27 heavy (non-hydrogen) atoms. The van der Waals surface area contributed by atoms with Crippen LogP contribution in [0, 0.1) is 0 Å². The number of amides is 1. The number of H-pyrrole nitrogens is 1. The summed E-state index contributed by atoms with van der Waals surface area (Å²) in [6.07, 6.45) is 2.89. The molecule has 8 nitrogen and oxygen atoms in total. The highest BCUT2D eigenvalue weighted by atomic mass is 32.1. The van der Waals surface area contributed by atoms with Crippen LogP contribution >= 0.6 is 11.3 Å². The lowest BCUT2D eigenvalue weighted by atomic mass is 10.1. The molecule has 9 heteroatoms. The maximum Gasteiger partial charge on any atom is 0.271 e. The van der Waals surface area contributed by atoms with E-state index < -0.39 is 0 Å². The third-order valence-corrected chi connectivity index (χ3v) is 4.92. The molecular formula is C18H16N6O2S. The van der Waals surface area contributed by atoms with Gasteiger partial charge in [-0.25, -0.2) is 4.98 Å². The van der Waals surface area contributed by atoms with E-state index in [1.807, 2.05) is 18.2 Å². The second kappa shape index (κ2) is 7.50. The van der Waals surface area contributed by atoms with Crippen molar-refractivity contribution in [3.05, 3.63) is 69.8 Å². The van der Waals surface area contributed by atoms with Crippen molar-refractivity contribution in [2.45, 2.75) is 19.4 Å². The molecule has 4 aromatic rings. The van der Waals surface area contributed by atoms with E-state index in [9.17, 15) is 9.59 Å². The Morgan fingerprint density at radius 1 is 1.19 bits per heavy atom. The number of fused-ring (bicyclic) bond motifs is 1. The maximum atomic E-state index is 12.3. The van der Waals surface area contributed by atoms with Crippen LogP contribution in [0.1, 0.15) is 11.4 Å². The van der Waals surface area contributed by atoms with E-state index in [4.69, 9.17) is 0 Å². The Morgan fingerprint density at radius 3 is 2.89 bits per heavy atom. The average Bonchev–Trinajstić information content (AvgIpc) is 3.33. The number of benzene rings is 1. The molecule has 0 fully saturated rings. The summed E-state index contributed by atoms with van der Waals surface area (Å²) in [6, 6.07) is 11.8. The molecule has 0 radical (unpaired) electrons. The van der Waals surface area contributed by atoms with Crippen LogP contribution in [0.2, 0.25) is 0 Å². The van der Waals surface area contributed by atoms with E-state index in [1.165, 1.54) is 27.8 Å². The average molecular weight is 380 g/mol. The molecule has 0 spiro atoms. The SMILES string of the molecule is O=C(Cn1cnc2ccsc2c1=O)Nc1n[nH]c(CCc2ccccc2)n1. The lowest BCUT2D eigenvalue weighted by Gasteiger charge is -2.04. The zero-order valence-electron chi connectivity index (χ0n) is 14.3. The summed E-state index contributed by atoms with van der Waals surface area (Å²) >= 11 is 1.31. The summed E-state index contributed by atoms with van der Waals surface area (Å²) in [5, 5.41) is 11.2. The van der Waals surface area contributed by atoms with Crippen LogP contribution in [-0.2, 0) is 24.2 Å². The zero-order valence-corrected chi connectivity index (χ0v) is 15.1. The van der Waals surface area contributed by atoms with Crippen LogP contribution in [0.25, 0.3) is 10.2 Å². The number of aromatic nitrogens is 5. The number of nitrogens with one attached hydrogen (secondary N) is 2. The van der Waals surface area contributed by atoms with Crippen molar-refractivity contribution >= 4 is 33.4 Å². The summed E-state index contributed by atoms with van der Waals surface area (Å²) in [4.78, 5) is 33.0. The van der Waals surface area contributed by atoms with Gasteiger partial charge in [-0.15, -0.1) is 16.4 Å². The molecular weight excluding hydrogens is 364 g/mol. The van der Waals surface area contributed by atoms with Gasteiger partial charge in [0, 0.05) is 6.42 Å². The Labute approximate surface area is 157 Å². The highest BCUT2D eigenvalue weighted by Gasteiger charge is 2.11. The third-order valence-electron chi connectivity index (χ3n) is 4.03. The first kappa shape index (κ1) is 17.1. The van der Waals surface area contributed by atoms with Gasteiger partial charge >= 0.3 is 0 Å². The normalized spacial score (nSPS) is 11.0. The topological polar surface area (TPSA) is 106 Å². The minimum Gasteiger partial charge on any atom is -0.292 e. The Morgan fingerprint density at radius 2 is 2.04 bits per heavy atom. The van der Waals surface area contributed by atoms with E-state index in [0.717, 1.165) is 6.42 Å². The van der Waals surface area contributed by atoms with Crippen LogP contribution in [0.4, 0.5) is 5.95 Å². The van der Waals surface area contributed by atoms with Crippen LogP contribution in [0.3, 0.4) is 0 Å². The largest absolute Gasteiger partial charge is 0.292 e. The molecule has 1 aromatic carbocycles. The Balaban J connectivity index is 1.37. The Hall–Kier alpha value is -3.33. The van der Waals surface area contributed by atoms with E-state index in [2.05, 4.69) is 37.6 Å². The lowest BCUT2D eigenvalue weighted by Crippen LogP contribution is -2.27. The molecule has 0 aliphatic rings. The van der Waals surface area contributed by atoms with Crippen molar-refractivity contribution in [1.82, 2.24) is 24.7 Å². The number of carbonyl (C=O) groups excluding carboxylic acids is 1. The van der Waals surface area contributed by atoms with Gasteiger partial charge in [0.25, 0.3) is 5.56 Å². The summed E-state index contributed by atoms with van der Waals surface area (Å²) in [5.41, 5.74) is 1.61. The van der Waals surface area contributed by atoms with Crippen LogP contribution in [-0.4, -0.2) is 30.6 Å². The van der Waals surface area contributed by atoms with Crippen molar-refractivity contribution in [2.24, 2.45) is 0 Å². The highest BCUT2D eigenvalue weighted by molar-refractivity contribution is 7.17. The van der Waals surface area contributed by atoms with Gasteiger partial charge in [-0.1, -0.05) is 30.3 Å². The molecule has 0 saturated carbocycles. The minimum atomic E-state index is -0.386. The van der Waals surface area contributed by atoms with E-state index in [-0.39, 0.29) is 24.0 Å². The first-order chi connectivity index (χ1) is 13.2. The standard InChI is InChI=1S/C18H16N6O2S/c25-15(10-24-11-19-13-8-9-27-16(13)17(24)26)21-18-20-14(22-23-18)7-6-12-4-2-1-3-5-12/h1-5,8-9,11H,6-7,10H2,(H2,20,21,22,23,25). The summed E-state index contributed by atoms with van der Waals surface area (Å²) in [7, 11) is 0. The molecule has 136 valence electrons. The monoisotopic (exact) mass is 380 g/mol. The van der Waals surface area contributed by atoms with Crippen molar-refractivity contribution in [3.8, 4) is 0 Å². The molecule has 3 aromatic heterocycles. The summed E-state index contributed by atoms with van der Waals surface area (Å²) < 4.78 is 1.81. The van der Waals surface area contributed by atoms with E-state index in [1.54, 1.807) is 11.4 Å². The molecule has 0 unspecified atom stereocenters. The molecule has 0 aliphatic carbocycles. The van der Waals surface area contributed by atoms with Crippen LogP contribution in [0.5, 0.6) is 0 Å². The number of carbonyl (C=O) groups is 1. The number of aryl methyl sites for hydroxylation is 2. The second-order valence-corrected chi connectivity index (χ2v) is 6.87. The summed E-state index contributed by atoms with van der Waals surface area (Å²) in [6.45, 7) is -0.145. The third kappa shape index (κ3) is 3.93. The number of hydrogen-bond donors (Lipinski definition) is 2. The van der Waals surface area contributed by atoms with Crippen molar-refractivity contribution in [1.29, 1.82) is 0 Å². The minimum absolute atomic E-state index is 0.145. The molecule has 0 aliphatic heterocycles. The Bertz CT molecular complexity index is 1130. The number of aromatic amines is 1. The molecule has 1 amide bonds. The first-order valence-electron chi connectivity index (χ1n) is 8.37. The van der Waals surface area contributed by atoms with Gasteiger partial charge in [0.2, 0.25) is 11.9 Å². The van der Waals surface area contributed by atoms with Gasteiger partial charge in [-0.05, 0) is 23.4 Å². The van der Waals surface area contributed by atoms with Gasteiger partial charge in [0.05, 0.1) is 11.8 Å². The molecule has 0 bridgehead atoms. The number of anilines is 1. The number of hydrogen-bond acceptors (Lipinski definition) is 6. The molecule has 3 heterocycles. The maximum absolute atomic E-state index is 12.3. The fraction of sp³-hybridized carbons (Fsp3) is 0.167.